The van der Waals surface area contributed by atoms with E-state index in [4.69, 9.17) is 14.7 Å². The van der Waals surface area contributed by atoms with Gasteiger partial charge in [0.25, 0.3) is 0 Å². The number of nitrogens with zero attached hydrogens (tertiary/aromatic N) is 1. The fourth-order valence-electron chi connectivity index (χ4n) is 1.69. The molecule has 2 amide bonds. The number of hydrogen-bond acceptors (Lipinski definition) is 5. The van der Waals surface area contributed by atoms with Gasteiger partial charge >= 0.3 is 16.3 Å². The number of carbonyl (C=O) groups excluding carboxylic acids is 1. The lowest BCUT2D eigenvalue weighted by atomic mass is 10.3. The molecule has 0 atom stereocenters. The first-order valence-corrected chi connectivity index (χ1v) is 7.82. The van der Waals surface area contributed by atoms with Gasteiger partial charge in [-0.05, 0) is 36.4 Å². The van der Waals surface area contributed by atoms with Crippen molar-refractivity contribution in [2.75, 3.05) is 12.1 Å². The van der Waals surface area contributed by atoms with E-state index >= 15 is 0 Å². The average molecular weight is 337 g/mol. The number of para-hydroxylation sites is 1. The van der Waals surface area contributed by atoms with E-state index in [0.29, 0.717) is 10.8 Å². The van der Waals surface area contributed by atoms with Gasteiger partial charge in [0.1, 0.15) is 11.5 Å². The van der Waals surface area contributed by atoms with Crippen molar-refractivity contribution in [3.63, 3.8) is 0 Å². The third-order valence-corrected chi connectivity index (χ3v) is 3.52. The van der Waals surface area contributed by atoms with Gasteiger partial charge in [-0.3, -0.25) is 0 Å². The Morgan fingerprint density at radius 3 is 2.17 bits per heavy atom. The Labute approximate surface area is 133 Å². The molecule has 122 valence electrons. The van der Waals surface area contributed by atoms with Gasteiger partial charge in [-0.25, -0.2) is 9.80 Å². The summed E-state index contributed by atoms with van der Waals surface area (Å²) in [6.45, 7) is 0. The van der Waals surface area contributed by atoms with Crippen LogP contribution in [0, 0.1) is 0 Å². The Morgan fingerprint density at radius 1 is 1.04 bits per heavy atom. The Balaban J connectivity index is 2.19. The molecule has 3 N–H and O–H groups in total. The van der Waals surface area contributed by atoms with Crippen LogP contribution < -0.4 is 24.5 Å². The van der Waals surface area contributed by atoms with Crippen LogP contribution in [0.4, 0.5) is 10.5 Å². The summed E-state index contributed by atoms with van der Waals surface area (Å²) in [6.07, 6.45) is 0. The monoisotopic (exact) mass is 337 g/mol. The highest BCUT2D eigenvalue weighted by Crippen LogP contribution is 2.19. The van der Waals surface area contributed by atoms with Gasteiger partial charge in [0, 0.05) is 0 Å². The molecular weight excluding hydrogens is 322 g/mol. The van der Waals surface area contributed by atoms with E-state index < -0.39 is 16.3 Å². The van der Waals surface area contributed by atoms with E-state index in [2.05, 4.69) is 0 Å². The molecule has 2 rings (SSSR count). The van der Waals surface area contributed by atoms with E-state index in [1.807, 2.05) is 4.83 Å². The number of primary amides is 1. The normalized spacial score (nSPS) is 10.8. The molecule has 0 saturated heterocycles. The molecule has 0 bridgehead atoms. The predicted octanol–water partition coefficient (Wildman–Crippen LogP) is 1.41. The van der Waals surface area contributed by atoms with E-state index in [-0.39, 0.29) is 11.4 Å². The molecule has 0 unspecified atom stereocenters. The summed E-state index contributed by atoms with van der Waals surface area (Å²) in [6, 6.07) is 12.9. The van der Waals surface area contributed by atoms with Gasteiger partial charge in [-0.1, -0.05) is 23.0 Å². The number of carbonyl (C=O) groups is 1. The Morgan fingerprint density at radius 2 is 1.65 bits per heavy atom. The molecule has 8 nitrogen and oxygen atoms in total. The summed E-state index contributed by atoms with van der Waals surface area (Å²) in [4.78, 5) is 13.5. The molecule has 2 aromatic rings. The number of methoxy groups -OCH3 is 1. The largest absolute Gasteiger partial charge is 0.497 e. The molecule has 0 aliphatic carbocycles. The zero-order valence-corrected chi connectivity index (χ0v) is 13.0. The van der Waals surface area contributed by atoms with Crippen molar-refractivity contribution in [3.05, 3.63) is 54.6 Å². The quantitative estimate of drug-likeness (QED) is 0.774. The summed E-state index contributed by atoms with van der Waals surface area (Å²) in [7, 11) is -2.82. The van der Waals surface area contributed by atoms with Crippen LogP contribution in [-0.2, 0) is 10.3 Å². The van der Waals surface area contributed by atoms with E-state index in [1.54, 1.807) is 30.3 Å². The molecule has 0 fully saturated rings. The summed E-state index contributed by atoms with van der Waals surface area (Å²) >= 11 is 0. The lowest BCUT2D eigenvalue weighted by molar-refractivity contribution is 0.252. The van der Waals surface area contributed by atoms with Gasteiger partial charge in [0.2, 0.25) is 0 Å². The molecule has 0 aliphatic rings. The number of anilines is 1. The maximum Gasteiger partial charge on any atom is 0.400 e. The van der Waals surface area contributed by atoms with Crippen LogP contribution in [0.25, 0.3) is 0 Å². The van der Waals surface area contributed by atoms with Gasteiger partial charge in [-0.2, -0.15) is 8.42 Å². The SMILES string of the molecule is COc1ccc(N(NS(=O)(=O)Oc2ccccc2)C(N)=O)cc1. The maximum absolute atomic E-state index is 12.0. The van der Waals surface area contributed by atoms with E-state index in [1.165, 1.54) is 31.4 Å². The lowest BCUT2D eigenvalue weighted by Crippen LogP contribution is -2.50. The number of nitrogens with one attached hydrogen (secondary N) is 1. The average Bonchev–Trinajstić information content (AvgIpc) is 2.53. The third kappa shape index (κ3) is 4.59. The number of urea groups is 1. The zero-order valence-electron chi connectivity index (χ0n) is 12.2. The molecule has 0 heterocycles. The van der Waals surface area contributed by atoms with Crippen molar-refractivity contribution in [1.82, 2.24) is 4.83 Å². The molecular formula is C14H15N3O5S. The number of rotatable bonds is 6. The second kappa shape index (κ2) is 6.99. The molecule has 0 spiro atoms. The van der Waals surface area contributed by atoms with E-state index in [9.17, 15) is 13.2 Å². The van der Waals surface area contributed by atoms with Gasteiger partial charge in [0.15, 0.2) is 0 Å². The summed E-state index contributed by atoms with van der Waals surface area (Å²) in [5.74, 6) is 0.640. The number of hydrogen-bond donors (Lipinski definition) is 2. The second-order valence-electron chi connectivity index (χ2n) is 4.31. The van der Waals surface area contributed by atoms with Gasteiger partial charge in [-0.15, -0.1) is 0 Å². The van der Waals surface area contributed by atoms with Crippen LogP contribution in [0.2, 0.25) is 0 Å². The van der Waals surface area contributed by atoms with Crippen molar-refractivity contribution in [2.45, 2.75) is 0 Å². The first kappa shape index (κ1) is 16.6. The Kier molecular flexibility index (Phi) is 5.04. The molecule has 2 aromatic carbocycles. The minimum absolute atomic E-state index is 0.0964. The van der Waals surface area contributed by atoms with Crippen molar-refractivity contribution < 1.29 is 22.1 Å². The summed E-state index contributed by atoms with van der Waals surface area (Å²) in [5.41, 5.74) is 5.42. The highest BCUT2D eigenvalue weighted by Gasteiger charge is 2.22. The van der Waals surface area contributed by atoms with Crippen molar-refractivity contribution >= 4 is 22.0 Å². The highest BCUT2D eigenvalue weighted by molar-refractivity contribution is 7.85. The van der Waals surface area contributed by atoms with Crippen LogP contribution in [0.15, 0.2) is 54.6 Å². The van der Waals surface area contributed by atoms with Crippen molar-refractivity contribution in [2.24, 2.45) is 5.73 Å². The smallest absolute Gasteiger partial charge is 0.400 e. The maximum atomic E-state index is 12.0. The second-order valence-corrected chi connectivity index (χ2v) is 5.57. The fraction of sp³-hybridized carbons (Fsp3) is 0.0714. The van der Waals surface area contributed by atoms with Crippen LogP contribution in [0.3, 0.4) is 0 Å². The number of ether oxygens (including phenoxy) is 1. The van der Waals surface area contributed by atoms with Crippen LogP contribution in [0.5, 0.6) is 11.5 Å². The lowest BCUT2D eigenvalue weighted by Gasteiger charge is -2.21. The Hall–Kier alpha value is -2.78. The Bertz CT molecular complexity index is 763. The highest BCUT2D eigenvalue weighted by atomic mass is 32.2. The molecule has 0 aliphatic heterocycles. The minimum Gasteiger partial charge on any atom is -0.497 e. The summed E-state index contributed by atoms with van der Waals surface area (Å²) in [5, 5.41) is 0.651. The zero-order chi connectivity index (χ0) is 16.9. The fourth-order valence-corrected chi connectivity index (χ4v) is 2.51. The van der Waals surface area contributed by atoms with Crippen molar-refractivity contribution in [1.29, 1.82) is 0 Å². The first-order valence-electron chi connectivity index (χ1n) is 6.42. The predicted molar refractivity (Wildman–Crippen MR) is 84.2 cm³/mol. The van der Waals surface area contributed by atoms with E-state index in [0.717, 1.165) is 0 Å². The number of benzene rings is 2. The molecule has 0 aromatic heterocycles. The van der Waals surface area contributed by atoms with Gasteiger partial charge in [0.05, 0.1) is 12.8 Å². The molecule has 9 heteroatoms. The van der Waals surface area contributed by atoms with Crippen molar-refractivity contribution in [3.8, 4) is 11.5 Å². The topological polar surface area (TPSA) is 111 Å². The number of amides is 2. The number of nitrogens with two attached hydrogens (primary N) is 1. The molecule has 23 heavy (non-hydrogen) atoms. The summed E-state index contributed by atoms with van der Waals surface area (Å²) < 4.78 is 33.8. The van der Waals surface area contributed by atoms with Crippen LogP contribution >= 0.6 is 0 Å². The van der Waals surface area contributed by atoms with Gasteiger partial charge < -0.3 is 14.7 Å². The molecule has 0 radical (unpaired) electrons. The standard InChI is InChI=1S/C14H15N3O5S/c1-21-12-9-7-11(8-10-12)17(14(15)18)16-23(19,20)22-13-5-3-2-4-6-13/h2-10,16H,1H3,(H2,15,18). The number of hydrazine groups is 1. The first-order chi connectivity index (χ1) is 10.9. The molecule has 0 saturated carbocycles. The third-order valence-electron chi connectivity index (χ3n) is 2.70. The van der Waals surface area contributed by atoms with Crippen LogP contribution in [0.1, 0.15) is 0 Å². The minimum atomic E-state index is -4.30. The van der Waals surface area contributed by atoms with Crippen LogP contribution in [-0.4, -0.2) is 21.6 Å².